The molecule has 4 nitrogen and oxygen atoms in total. The highest BCUT2D eigenvalue weighted by atomic mass is 16.1. The van der Waals surface area contributed by atoms with Gasteiger partial charge in [0.1, 0.15) is 0 Å². The van der Waals surface area contributed by atoms with Crippen molar-refractivity contribution in [2.75, 3.05) is 0 Å². The summed E-state index contributed by atoms with van der Waals surface area (Å²) >= 11 is 0. The fourth-order valence-electron chi connectivity index (χ4n) is 4.04. The van der Waals surface area contributed by atoms with Crippen LogP contribution in [0.2, 0.25) is 0 Å². The highest BCUT2D eigenvalue weighted by Gasteiger charge is 2.17. The first kappa shape index (κ1) is 18.8. The van der Waals surface area contributed by atoms with Crippen LogP contribution in [-0.4, -0.2) is 10.5 Å². The predicted octanol–water partition coefficient (Wildman–Crippen LogP) is 5.16. The molecule has 0 atom stereocenters. The molecule has 0 aliphatic rings. The Hall–Kier alpha value is -3.58. The molecule has 0 saturated heterocycles. The summed E-state index contributed by atoms with van der Waals surface area (Å²) in [6, 6.07) is 22.0. The van der Waals surface area contributed by atoms with Crippen molar-refractivity contribution in [2.45, 2.75) is 32.7 Å². The van der Waals surface area contributed by atoms with E-state index in [-0.39, 0.29) is 0 Å². The summed E-state index contributed by atoms with van der Waals surface area (Å²) in [4.78, 5) is 12.1. The van der Waals surface area contributed by atoms with Gasteiger partial charge < -0.3 is 10.3 Å². The van der Waals surface area contributed by atoms with Gasteiger partial charge in [0.2, 0.25) is 5.91 Å². The molecule has 0 unspecified atom stereocenters. The largest absolute Gasteiger partial charge is 0.366 e. The van der Waals surface area contributed by atoms with E-state index in [0.717, 1.165) is 46.6 Å². The highest BCUT2D eigenvalue weighted by Crippen LogP contribution is 2.33. The smallest absolute Gasteiger partial charge is 0.249 e. The molecule has 144 valence electrons. The molecule has 4 rings (SSSR count). The molecule has 0 spiro atoms. The van der Waals surface area contributed by atoms with Gasteiger partial charge in [-0.2, -0.15) is 5.26 Å². The normalized spacial score (nSPS) is 11.0. The molecular formula is C25H23N3O. The molecule has 3 aromatic carbocycles. The van der Waals surface area contributed by atoms with Crippen LogP contribution in [0, 0.1) is 11.3 Å². The number of aryl methyl sites for hydroxylation is 1. The van der Waals surface area contributed by atoms with Crippen molar-refractivity contribution in [3.05, 3.63) is 82.9 Å². The second-order valence-electron chi connectivity index (χ2n) is 7.37. The van der Waals surface area contributed by atoms with Crippen molar-refractivity contribution in [1.29, 1.82) is 5.26 Å². The van der Waals surface area contributed by atoms with Gasteiger partial charge in [-0.15, -0.1) is 0 Å². The van der Waals surface area contributed by atoms with Gasteiger partial charge in [-0.1, -0.05) is 49.7 Å². The number of hydrogen-bond donors (Lipinski definition) is 1. The molecule has 1 heterocycles. The number of carbonyl (C=O) groups excluding carboxylic acids is 1. The lowest BCUT2D eigenvalue weighted by Gasteiger charge is -2.10. The van der Waals surface area contributed by atoms with Gasteiger partial charge in [-0.25, -0.2) is 0 Å². The van der Waals surface area contributed by atoms with Crippen LogP contribution in [0.15, 0.2) is 60.7 Å². The number of nitrogens with zero attached hydrogens (tertiary/aromatic N) is 2. The maximum atomic E-state index is 12.1. The van der Waals surface area contributed by atoms with E-state index in [1.807, 2.05) is 36.4 Å². The quantitative estimate of drug-likeness (QED) is 0.501. The molecule has 0 bridgehead atoms. The molecule has 1 aromatic heterocycles. The van der Waals surface area contributed by atoms with Crippen LogP contribution in [0.1, 0.15) is 46.8 Å². The third kappa shape index (κ3) is 3.36. The van der Waals surface area contributed by atoms with Crippen LogP contribution in [0.25, 0.3) is 21.8 Å². The molecule has 4 heteroatoms. The molecule has 0 radical (unpaired) electrons. The molecule has 0 aliphatic carbocycles. The Morgan fingerprint density at radius 2 is 1.90 bits per heavy atom. The van der Waals surface area contributed by atoms with Crippen molar-refractivity contribution in [1.82, 2.24) is 4.57 Å². The van der Waals surface area contributed by atoms with E-state index in [9.17, 15) is 10.1 Å². The molecule has 4 aromatic rings. The Kier molecular flexibility index (Phi) is 5.05. The van der Waals surface area contributed by atoms with Crippen molar-refractivity contribution in [3.8, 4) is 6.07 Å². The lowest BCUT2D eigenvalue weighted by molar-refractivity contribution is 0.100. The van der Waals surface area contributed by atoms with Gasteiger partial charge in [-0.05, 0) is 48.2 Å². The topological polar surface area (TPSA) is 71.8 Å². The van der Waals surface area contributed by atoms with E-state index in [4.69, 9.17) is 5.73 Å². The van der Waals surface area contributed by atoms with Crippen LogP contribution in [0.3, 0.4) is 0 Å². The number of hydrogen-bond acceptors (Lipinski definition) is 2. The SMILES string of the molecule is CCCCc1ccc2c3c(C(N)=O)cccc3n(Cc3ccccc3C#N)c2c1. The van der Waals surface area contributed by atoms with E-state index >= 15 is 0 Å². The van der Waals surface area contributed by atoms with Gasteiger partial charge in [0.05, 0.1) is 17.1 Å². The molecule has 1 amide bonds. The minimum Gasteiger partial charge on any atom is -0.366 e. The van der Waals surface area contributed by atoms with E-state index < -0.39 is 5.91 Å². The average Bonchev–Trinajstić information content (AvgIpc) is 3.05. The number of unbranched alkanes of at least 4 members (excludes halogenated alkanes) is 1. The number of nitrogens with two attached hydrogens (primary N) is 1. The minimum absolute atomic E-state index is 0.429. The minimum atomic E-state index is -0.429. The standard InChI is InChI=1S/C25H23N3O/c1-2-3-7-17-12-13-20-23(14-17)28(16-19-9-5-4-8-18(19)15-26)22-11-6-10-21(24(20)22)25(27)29/h4-6,8-14H,2-3,7,16H2,1H3,(H2,27,29). The van der Waals surface area contributed by atoms with Crippen LogP contribution in [0.4, 0.5) is 0 Å². The highest BCUT2D eigenvalue weighted by molar-refractivity contribution is 6.18. The third-order valence-electron chi connectivity index (χ3n) is 5.51. The number of nitriles is 1. The van der Waals surface area contributed by atoms with Crippen LogP contribution < -0.4 is 5.73 Å². The number of aromatic nitrogens is 1. The van der Waals surface area contributed by atoms with E-state index in [1.54, 1.807) is 6.07 Å². The zero-order valence-electron chi connectivity index (χ0n) is 16.5. The Morgan fingerprint density at radius 1 is 1.07 bits per heavy atom. The first-order valence-electron chi connectivity index (χ1n) is 9.95. The number of benzene rings is 3. The Balaban J connectivity index is 2.00. The number of amides is 1. The first-order valence-corrected chi connectivity index (χ1v) is 9.95. The Morgan fingerprint density at radius 3 is 2.66 bits per heavy atom. The summed E-state index contributed by atoms with van der Waals surface area (Å²) in [7, 11) is 0. The summed E-state index contributed by atoms with van der Waals surface area (Å²) in [5.74, 6) is -0.429. The van der Waals surface area contributed by atoms with E-state index in [1.165, 1.54) is 5.56 Å². The third-order valence-corrected chi connectivity index (χ3v) is 5.51. The van der Waals surface area contributed by atoms with Crippen molar-refractivity contribution >= 4 is 27.7 Å². The lowest BCUT2D eigenvalue weighted by atomic mass is 10.0. The summed E-state index contributed by atoms with van der Waals surface area (Å²) in [5, 5.41) is 11.4. The van der Waals surface area contributed by atoms with Gasteiger partial charge >= 0.3 is 0 Å². The summed E-state index contributed by atoms with van der Waals surface area (Å²) in [6.45, 7) is 2.75. The van der Waals surface area contributed by atoms with Crippen LogP contribution >= 0.6 is 0 Å². The number of fused-ring (bicyclic) bond motifs is 3. The summed E-state index contributed by atoms with van der Waals surface area (Å²) in [5.41, 5.74) is 11.1. The van der Waals surface area contributed by atoms with Crippen LogP contribution in [0.5, 0.6) is 0 Å². The second-order valence-corrected chi connectivity index (χ2v) is 7.37. The lowest BCUT2D eigenvalue weighted by Crippen LogP contribution is -2.11. The molecule has 29 heavy (non-hydrogen) atoms. The summed E-state index contributed by atoms with van der Waals surface area (Å²) < 4.78 is 2.20. The zero-order chi connectivity index (χ0) is 20.4. The fraction of sp³-hybridized carbons (Fsp3) is 0.200. The number of carbonyl (C=O) groups is 1. The molecule has 2 N–H and O–H groups in total. The summed E-state index contributed by atoms with van der Waals surface area (Å²) in [6.07, 6.45) is 3.29. The van der Waals surface area contributed by atoms with Crippen LogP contribution in [-0.2, 0) is 13.0 Å². The van der Waals surface area contributed by atoms with Crippen molar-refractivity contribution < 1.29 is 4.79 Å². The molecule has 0 fully saturated rings. The first-order chi connectivity index (χ1) is 14.1. The van der Waals surface area contributed by atoms with Gasteiger partial charge in [-0.3, -0.25) is 4.79 Å². The molecular weight excluding hydrogens is 358 g/mol. The second kappa shape index (κ2) is 7.81. The molecule has 0 saturated carbocycles. The van der Waals surface area contributed by atoms with E-state index in [2.05, 4.69) is 35.8 Å². The predicted molar refractivity (Wildman–Crippen MR) is 117 cm³/mol. The average molecular weight is 381 g/mol. The zero-order valence-corrected chi connectivity index (χ0v) is 16.5. The number of primary amides is 1. The van der Waals surface area contributed by atoms with Crippen molar-refractivity contribution in [2.24, 2.45) is 5.73 Å². The Bertz CT molecular complexity index is 1260. The maximum Gasteiger partial charge on any atom is 0.249 e. The van der Waals surface area contributed by atoms with Gasteiger partial charge in [0.15, 0.2) is 0 Å². The fourth-order valence-corrected chi connectivity index (χ4v) is 4.04. The van der Waals surface area contributed by atoms with Gasteiger partial charge in [0.25, 0.3) is 0 Å². The number of rotatable bonds is 6. The molecule has 0 aliphatic heterocycles. The van der Waals surface area contributed by atoms with Crippen molar-refractivity contribution in [3.63, 3.8) is 0 Å². The van der Waals surface area contributed by atoms with Gasteiger partial charge in [0, 0.05) is 28.4 Å². The maximum absolute atomic E-state index is 12.1. The Labute approximate surface area is 170 Å². The monoisotopic (exact) mass is 381 g/mol. The van der Waals surface area contributed by atoms with E-state index in [0.29, 0.717) is 17.7 Å².